The number of benzene rings is 1. The van der Waals surface area contributed by atoms with Gasteiger partial charge in [-0.3, -0.25) is 0 Å². The van der Waals surface area contributed by atoms with Crippen LogP contribution in [0.3, 0.4) is 0 Å². The van der Waals surface area contributed by atoms with Gasteiger partial charge in [0.05, 0.1) is 40.4 Å². The average Bonchev–Trinajstić information content (AvgIpc) is 3.49. The van der Waals surface area contributed by atoms with E-state index in [1.165, 1.54) is 6.26 Å². The van der Waals surface area contributed by atoms with Gasteiger partial charge in [-0.2, -0.15) is 5.26 Å². The van der Waals surface area contributed by atoms with Gasteiger partial charge in [-0.05, 0) is 55.4 Å². The van der Waals surface area contributed by atoms with Crippen molar-refractivity contribution in [2.45, 2.75) is 30.6 Å². The summed E-state index contributed by atoms with van der Waals surface area (Å²) in [6, 6.07) is 8.96. The summed E-state index contributed by atoms with van der Waals surface area (Å²) in [5.74, 6) is 2.26. The molecule has 1 saturated carbocycles. The van der Waals surface area contributed by atoms with E-state index in [9.17, 15) is 13.7 Å². The minimum atomic E-state index is -3.22. The average molecular weight is 461 g/mol. The Hall–Kier alpha value is -2.37. The molecule has 1 saturated heterocycles. The van der Waals surface area contributed by atoms with Crippen LogP contribution in [-0.2, 0) is 9.84 Å². The molecule has 2 aliphatic rings. The number of hydrogen-bond acceptors (Lipinski definition) is 7. The molecule has 0 spiro atoms. The number of nitrogens with zero attached hydrogens (tertiary/aromatic N) is 4. The number of aromatic nitrogens is 2. The van der Waals surface area contributed by atoms with Gasteiger partial charge in [0.1, 0.15) is 5.75 Å². The Bertz CT molecular complexity index is 1060. The van der Waals surface area contributed by atoms with Crippen molar-refractivity contribution in [3.63, 3.8) is 0 Å². The van der Waals surface area contributed by atoms with E-state index in [2.05, 4.69) is 20.9 Å². The van der Waals surface area contributed by atoms with Crippen molar-refractivity contribution >= 4 is 27.4 Å². The van der Waals surface area contributed by atoms with E-state index in [0.717, 1.165) is 32.4 Å². The van der Waals surface area contributed by atoms with Crippen molar-refractivity contribution < 1.29 is 13.2 Å². The van der Waals surface area contributed by atoms with Crippen LogP contribution in [0.15, 0.2) is 41.6 Å². The zero-order valence-electron chi connectivity index (χ0n) is 17.4. The molecule has 2 fully saturated rings. The number of sulfone groups is 1. The van der Waals surface area contributed by atoms with E-state index in [0.29, 0.717) is 41.6 Å². The zero-order chi connectivity index (χ0) is 22.1. The first-order valence-corrected chi connectivity index (χ1v) is 12.6. The van der Waals surface area contributed by atoms with Crippen molar-refractivity contribution in [3.8, 4) is 11.8 Å². The SMILES string of the molecule is CS(=O)(=O)c1ccc(OCC[C@@]2(C#N)C[C@@H]2C2CCN(c3ncc(Cl)cn3)CC2)cc1. The number of hydrogen-bond donors (Lipinski definition) is 0. The number of piperidine rings is 1. The molecule has 1 aromatic heterocycles. The van der Waals surface area contributed by atoms with E-state index in [1.807, 2.05) is 0 Å². The molecule has 1 aromatic carbocycles. The van der Waals surface area contributed by atoms with Crippen molar-refractivity contribution in [2.24, 2.45) is 17.3 Å². The molecular formula is C22H25ClN4O3S. The van der Waals surface area contributed by atoms with Gasteiger partial charge in [-0.1, -0.05) is 11.6 Å². The van der Waals surface area contributed by atoms with Crippen LogP contribution < -0.4 is 9.64 Å². The van der Waals surface area contributed by atoms with E-state index < -0.39 is 9.84 Å². The third-order valence-electron chi connectivity index (χ3n) is 6.42. The van der Waals surface area contributed by atoms with E-state index in [4.69, 9.17) is 16.3 Å². The van der Waals surface area contributed by atoms with Crippen LogP contribution in [-0.4, -0.2) is 44.3 Å². The third kappa shape index (κ3) is 4.94. The standard InChI is InChI=1S/C22H25ClN4O3S/c1-31(28,29)19-4-2-18(3-5-19)30-11-8-22(15-24)12-20(22)16-6-9-27(10-7-16)21-25-13-17(23)14-26-21/h2-5,13-14,16,20H,6-12H2,1H3/t20-,22+/m1/s1. The smallest absolute Gasteiger partial charge is 0.225 e. The summed E-state index contributed by atoms with van der Waals surface area (Å²) in [7, 11) is -3.22. The van der Waals surface area contributed by atoms with Crippen LogP contribution in [0.1, 0.15) is 25.7 Å². The molecule has 164 valence electrons. The van der Waals surface area contributed by atoms with Gasteiger partial charge in [0.2, 0.25) is 5.95 Å². The number of nitriles is 1. The second kappa shape index (κ2) is 8.64. The molecule has 1 aliphatic carbocycles. The van der Waals surface area contributed by atoms with Crippen LogP contribution in [0, 0.1) is 28.6 Å². The summed E-state index contributed by atoms with van der Waals surface area (Å²) in [4.78, 5) is 11.0. The first kappa shape index (κ1) is 21.8. The lowest BCUT2D eigenvalue weighted by Crippen LogP contribution is -2.36. The molecule has 4 rings (SSSR count). The van der Waals surface area contributed by atoms with Gasteiger partial charge in [0, 0.05) is 25.8 Å². The second-order valence-corrected chi connectivity index (χ2v) is 10.9. The van der Waals surface area contributed by atoms with Crippen LogP contribution >= 0.6 is 11.6 Å². The monoisotopic (exact) mass is 460 g/mol. The van der Waals surface area contributed by atoms with Crippen molar-refractivity contribution in [1.29, 1.82) is 5.26 Å². The predicted octanol–water partition coefficient (Wildman–Crippen LogP) is 3.75. The zero-order valence-corrected chi connectivity index (χ0v) is 18.9. The topological polar surface area (TPSA) is 96.2 Å². The number of anilines is 1. The molecular weight excluding hydrogens is 436 g/mol. The molecule has 2 atom stereocenters. The highest BCUT2D eigenvalue weighted by Gasteiger charge is 2.57. The van der Waals surface area contributed by atoms with Crippen LogP contribution in [0.2, 0.25) is 5.02 Å². The Balaban J connectivity index is 1.26. The molecule has 0 bridgehead atoms. The Morgan fingerprint density at radius 3 is 2.45 bits per heavy atom. The van der Waals surface area contributed by atoms with Crippen molar-refractivity contribution in [1.82, 2.24) is 9.97 Å². The molecule has 31 heavy (non-hydrogen) atoms. The minimum absolute atomic E-state index is 0.269. The maximum Gasteiger partial charge on any atom is 0.225 e. The fourth-order valence-corrected chi connectivity index (χ4v) is 5.26. The quantitative estimate of drug-likeness (QED) is 0.620. The molecule has 0 amide bonds. The second-order valence-electron chi connectivity index (χ2n) is 8.45. The maximum atomic E-state index is 11.5. The summed E-state index contributed by atoms with van der Waals surface area (Å²) < 4.78 is 28.9. The van der Waals surface area contributed by atoms with Crippen LogP contribution in [0.5, 0.6) is 5.75 Å². The largest absolute Gasteiger partial charge is 0.494 e. The fourth-order valence-electron chi connectivity index (χ4n) is 4.53. The van der Waals surface area contributed by atoms with E-state index in [1.54, 1.807) is 36.7 Å². The molecule has 1 aliphatic heterocycles. The maximum absolute atomic E-state index is 11.5. The van der Waals surface area contributed by atoms with Crippen LogP contribution in [0.4, 0.5) is 5.95 Å². The molecule has 2 aromatic rings. The summed E-state index contributed by atoms with van der Waals surface area (Å²) >= 11 is 5.87. The van der Waals surface area contributed by atoms with Gasteiger partial charge >= 0.3 is 0 Å². The lowest BCUT2D eigenvalue weighted by molar-refractivity contribution is 0.261. The number of rotatable bonds is 7. The molecule has 0 radical (unpaired) electrons. The van der Waals surface area contributed by atoms with Gasteiger partial charge in [-0.25, -0.2) is 18.4 Å². The van der Waals surface area contributed by atoms with Gasteiger partial charge in [0.15, 0.2) is 9.84 Å². The Kier molecular flexibility index (Phi) is 6.09. The fraction of sp³-hybridized carbons (Fsp3) is 0.500. The lowest BCUT2D eigenvalue weighted by Gasteiger charge is -2.32. The molecule has 0 N–H and O–H groups in total. The summed E-state index contributed by atoms with van der Waals surface area (Å²) in [6.07, 6.45) is 8.06. The predicted molar refractivity (Wildman–Crippen MR) is 118 cm³/mol. The first-order chi connectivity index (χ1) is 14.8. The highest BCUT2D eigenvalue weighted by molar-refractivity contribution is 7.90. The van der Waals surface area contributed by atoms with E-state index in [-0.39, 0.29) is 10.3 Å². The molecule has 7 nitrogen and oxygen atoms in total. The van der Waals surface area contributed by atoms with E-state index >= 15 is 0 Å². The summed E-state index contributed by atoms with van der Waals surface area (Å²) in [6.45, 7) is 2.21. The normalized spacial score (nSPS) is 23.9. The third-order valence-corrected chi connectivity index (χ3v) is 7.75. The van der Waals surface area contributed by atoms with Gasteiger partial charge in [-0.15, -0.1) is 0 Å². The Labute approximate surface area is 187 Å². The molecule has 9 heteroatoms. The summed E-state index contributed by atoms with van der Waals surface area (Å²) in [5.41, 5.74) is -0.309. The highest BCUT2D eigenvalue weighted by Crippen LogP contribution is 2.60. The van der Waals surface area contributed by atoms with Crippen molar-refractivity contribution in [2.75, 3.05) is 30.9 Å². The Morgan fingerprint density at radius 1 is 1.23 bits per heavy atom. The first-order valence-electron chi connectivity index (χ1n) is 10.4. The lowest BCUT2D eigenvalue weighted by atomic mass is 9.86. The van der Waals surface area contributed by atoms with Gasteiger partial charge in [0.25, 0.3) is 0 Å². The Morgan fingerprint density at radius 2 is 1.87 bits per heavy atom. The summed E-state index contributed by atoms with van der Waals surface area (Å²) in [5, 5.41) is 10.4. The molecule has 0 unspecified atom stereocenters. The number of halogens is 1. The molecule has 2 heterocycles. The highest BCUT2D eigenvalue weighted by atomic mass is 35.5. The van der Waals surface area contributed by atoms with Crippen LogP contribution in [0.25, 0.3) is 0 Å². The van der Waals surface area contributed by atoms with Gasteiger partial charge < -0.3 is 9.64 Å². The number of ether oxygens (including phenoxy) is 1. The minimum Gasteiger partial charge on any atom is -0.494 e. The van der Waals surface area contributed by atoms with Crippen molar-refractivity contribution in [3.05, 3.63) is 41.7 Å².